The van der Waals surface area contributed by atoms with Gasteiger partial charge in [-0.1, -0.05) is 13.8 Å². The maximum atomic E-state index is 12.2. The number of likely N-dealkylation sites (N-methyl/N-ethyl adjacent to an activating group) is 1. The number of amides is 1. The molecular weight excluding hydrogens is 254 g/mol. The van der Waals surface area contributed by atoms with E-state index in [9.17, 15) is 13.2 Å². The lowest BCUT2D eigenvalue weighted by molar-refractivity contribution is -0.121. The minimum atomic E-state index is -3.50. The molecule has 0 aliphatic rings. The molecule has 18 heavy (non-hydrogen) atoms. The van der Waals surface area contributed by atoms with Crippen molar-refractivity contribution in [3.05, 3.63) is 0 Å². The van der Waals surface area contributed by atoms with E-state index in [0.717, 1.165) is 0 Å². The Labute approximate surface area is 110 Å². The average Bonchev–Trinajstić information content (AvgIpc) is 2.25. The molecule has 0 aromatic heterocycles. The Morgan fingerprint density at radius 2 is 1.89 bits per heavy atom. The van der Waals surface area contributed by atoms with Gasteiger partial charge in [0, 0.05) is 19.1 Å². The van der Waals surface area contributed by atoms with Crippen LogP contribution in [0, 0.1) is 0 Å². The fourth-order valence-electron chi connectivity index (χ4n) is 1.62. The molecule has 0 fully saturated rings. The van der Waals surface area contributed by atoms with Crippen LogP contribution in [0.25, 0.3) is 0 Å². The fourth-order valence-corrected chi connectivity index (χ4v) is 3.36. The third kappa shape index (κ3) is 4.91. The predicted octanol–water partition coefficient (Wildman–Crippen LogP) is -0.1000. The number of sulfonamides is 1. The highest BCUT2D eigenvalue weighted by atomic mass is 32.2. The van der Waals surface area contributed by atoms with Crippen molar-refractivity contribution in [3.8, 4) is 0 Å². The molecule has 0 aliphatic carbocycles. The smallest absolute Gasteiger partial charge is 0.235 e. The highest BCUT2D eigenvalue weighted by molar-refractivity contribution is 7.89. The number of nitrogens with zero attached hydrogens (tertiary/aromatic N) is 1. The molecule has 3 N–H and O–H groups in total. The topological polar surface area (TPSA) is 92.5 Å². The summed E-state index contributed by atoms with van der Waals surface area (Å²) in [4.78, 5) is 11.6. The summed E-state index contributed by atoms with van der Waals surface area (Å²) in [6.07, 6.45) is 0.446. The Kier molecular flexibility index (Phi) is 7.42. The van der Waals surface area contributed by atoms with Gasteiger partial charge >= 0.3 is 0 Å². The van der Waals surface area contributed by atoms with Crippen LogP contribution in [0.2, 0.25) is 0 Å². The Hall–Kier alpha value is -0.660. The quantitative estimate of drug-likeness (QED) is 0.649. The first kappa shape index (κ1) is 17.3. The van der Waals surface area contributed by atoms with Gasteiger partial charge in [0.2, 0.25) is 15.9 Å². The second-order valence-electron chi connectivity index (χ2n) is 4.46. The Balaban J connectivity index is 4.82. The molecule has 0 saturated heterocycles. The first-order chi connectivity index (χ1) is 8.29. The monoisotopic (exact) mass is 279 g/mol. The van der Waals surface area contributed by atoms with Crippen LogP contribution in [0.1, 0.15) is 34.1 Å². The van der Waals surface area contributed by atoms with Gasteiger partial charge in [-0.25, -0.2) is 8.42 Å². The molecule has 6 nitrogen and oxygen atoms in total. The van der Waals surface area contributed by atoms with E-state index in [1.807, 2.05) is 13.8 Å². The Morgan fingerprint density at radius 1 is 1.33 bits per heavy atom. The summed E-state index contributed by atoms with van der Waals surface area (Å²) in [5.74, 6) is -0.290. The second-order valence-corrected chi connectivity index (χ2v) is 6.67. The molecule has 0 radical (unpaired) electrons. The van der Waals surface area contributed by atoms with E-state index in [1.165, 1.54) is 4.31 Å². The molecule has 1 amide bonds. The molecule has 7 heteroatoms. The summed E-state index contributed by atoms with van der Waals surface area (Å²) in [5, 5.41) is 2.06. The van der Waals surface area contributed by atoms with Crippen LogP contribution in [-0.2, 0) is 14.8 Å². The van der Waals surface area contributed by atoms with Crippen molar-refractivity contribution in [2.75, 3.05) is 19.6 Å². The zero-order valence-corrected chi connectivity index (χ0v) is 12.5. The van der Waals surface area contributed by atoms with Gasteiger partial charge in [0.1, 0.15) is 0 Å². The van der Waals surface area contributed by atoms with Crippen molar-refractivity contribution >= 4 is 15.9 Å². The van der Waals surface area contributed by atoms with Gasteiger partial charge in [-0.15, -0.1) is 0 Å². The number of hydrogen-bond acceptors (Lipinski definition) is 4. The van der Waals surface area contributed by atoms with Gasteiger partial charge in [0.25, 0.3) is 0 Å². The van der Waals surface area contributed by atoms with Gasteiger partial charge in [-0.2, -0.15) is 4.31 Å². The van der Waals surface area contributed by atoms with Crippen molar-refractivity contribution in [3.63, 3.8) is 0 Å². The van der Waals surface area contributed by atoms with Gasteiger partial charge in [0.15, 0.2) is 0 Å². The normalized spacial score (nSPS) is 13.9. The van der Waals surface area contributed by atoms with Crippen LogP contribution in [0.4, 0.5) is 0 Å². The van der Waals surface area contributed by atoms with Crippen LogP contribution >= 0.6 is 0 Å². The highest BCUT2D eigenvalue weighted by Gasteiger charge is 2.30. The largest absolute Gasteiger partial charge is 0.353 e. The number of hydrogen-bond donors (Lipinski definition) is 2. The van der Waals surface area contributed by atoms with Gasteiger partial charge in [-0.3, -0.25) is 4.79 Å². The molecule has 0 rings (SSSR count). The van der Waals surface area contributed by atoms with Crippen molar-refractivity contribution in [1.29, 1.82) is 0 Å². The van der Waals surface area contributed by atoms with Crippen molar-refractivity contribution < 1.29 is 13.2 Å². The van der Waals surface area contributed by atoms with Gasteiger partial charge in [0.05, 0.1) is 11.8 Å². The lowest BCUT2D eigenvalue weighted by Gasteiger charge is -2.25. The SMILES string of the molecule is CCC(CN)S(=O)(=O)N(CC)CC(=O)NC(C)C. The zero-order valence-electron chi connectivity index (χ0n) is 11.6. The summed E-state index contributed by atoms with van der Waals surface area (Å²) in [7, 11) is -3.50. The fraction of sp³-hybridized carbons (Fsp3) is 0.909. The summed E-state index contributed by atoms with van der Waals surface area (Å²) < 4.78 is 25.6. The van der Waals surface area contributed by atoms with Crippen LogP contribution in [0.5, 0.6) is 0 Å². The molecule has 1 unspecified atom stereocenters. The number of rotatable bonds is 8. The van der Waals surface area contributed by atoms with Crippen molar-refractivity contribution in [2.24, 2.45) is 5.73 Å². The Bertz CT molecular complexity index is 351. The lowest BCUT2D eigenvalue weighted by Crippen LogP contribution is -2.47. The van der Waals surface area contributed by atoms with Gasteiger partial charge < -0.3 is 11.1 Å². The van der Waals surface area contributed by atoms with Crippen LogP contribution in [0.15, 0.2) is 0 Å². The van der Waals surface area contributed by atoms with Crippen LogP contribution in [-0.4, -0.2) is 49.6 Å². The number of carbonyl (C=O) groups is 1. The molecular formula is C11H25N3O3S. The third-order valence-corrected chi connectivity index (χ3v) is 5.10. The van der Waals surface area contributed by atoms with E-state index in [0.29, 0.717) is 6.42 Å². The molecule has 0 aromatic rings. The van der Waals surface area contributed by atoms with E-state index >= 15 is 0 Å². The van der Waals surface area contributed by atoms with Crippen LogP contribution in [0.3, 0.4) is 0 Å². The second kappa shape index (κ2) is 7.70. The molecule has 0 bridgehead atoms. The van der Waals surface area contributed by atoms with Crippen molar-refractivity contribution in [1.82, 2.24) is 9.62 Å². The first-order valence-electron chi connectivity index (χ1n) is 6.27. The Morgan fingerprint density at radius 3 is 2.22 bits per heavy atom. The molecule has 0 aliphatic heterocycles. The van der Waals surface area contributed by atoms with Gasteiger partial charge in [-0.05, 0) is 20.3 Å². The maximum absolute atomic E-state index is 12.2. The van der Waals surface area contributed by atoms with E-state index in [-0.39, 0.29) is 31.6 Å². The number of nitrogens with two attached hydrogens (primary N) is 1. The van der Waals surface area contributed by atoms with E-state index in [1.54, 1.807) is 13.8 Å². The highest BCUT2D eigenvalue weighted by Crippen LogP contribution is 2.11. The van der Waals surface area contributed by atoms with Crippen molar-refractivity contribution in [2.45, 2.75) is 45.4 Å². The zero-order chi connectivity index (χ0) is 14.3. The summed E-state index contributed by atoms with van der Waals surface area (Å²) in [5.41, 5.74) is 5.47. The summed E-state index contributed by atoms with van der Waals surface area (Å²) in [6, 6.07) is -0.00427. The maximum Gasteiger partial charge on any atom is 0.235 e. The summed E-state index contributed by atoms with van der Waals surface area (Å²) in [6.45, 7) is 7.34. The van der Waals surface area contributed by atoms with E-state index in [4.69, 9.17) is 5.73 Å². The molecule has 1 atom stereocenters. The lowest BCUT2D eigenvalue weighted by atomic mass is 10.3. The third-order valence-electron chi connectivity index (χ3n) is 2.62. The van der Waals surface area contributed by atoms with E-state index < -0.39 is 15.3 Å². The standard InChI is InChI=1S/C11H25N3O3S/c1-5-10(7-12)18(16,17)14(6-2)8-11(15)13-9(3)4/h9-10H,5-8,12H2,1-4H3,(H,13,15). The molecule has 0 heterocycles. The molecule has 0 aromatic carbocycles. The predicted molar refractivity (Wildman–Crippen MR) is 72.6 cm³/mol. The number of nitrogens with one attached hydrogen (secondary N) is 1. The minimum absolute atomic E-state index is 0.00427. The summed E-state index contributed by atoms with van der Waals surface area (Å²) >= 11 is 0. The van der Waals surface area contributed by atoms with Crippen LogP contribution < -0.4 is 11.1 Å². The first-order valence-corrected chi connectivity index (χ1v) is 7.78. The molecule has 0 saturated carbocycles. The minimum Gasteiger partial charge on any atom is -0.353 e. The molecule has 108 valence electrons. The number of carbonyl (C=O) groups excluding carboxylic acids is 1. The average molecular weight is 279 g/mol. The molecule has 0 spiro atoms. The van der Waals surface area contributed by atoms with E-state index in [2.05, 4.69) is 5.32 Å².